The monoisotopic (exact) mass is 387 g/mol. The Morgan fingerprint density at radius 2 is 1.97 bits per heavy atom. The third kappa shape index (κ3) is 3.16. The second-order valence-corrected chi connectivity index (χ2v) is 7.46. The number of carbonyl (C=O) groups is 1. The molecule has 1 saturated heterocycles. The lowest BCUT2D eigenvalue weighted by molar-refractivity contribution is 0.254. The van der Waals surface area contributed by atoms with E-state index in [1.165, 1.54) is 0 Å². The number of carbonyl (C=O) groups excluding carboxylic acids is 1. The number of rotatable bonds is 2. The van der Waals surface area contributed by atoms with Gasteiger partial charge in [0.05, 0.1) is 29.3 Å². The minimum Gasteiger partial charge on any atom is -0.366 e. The van der Waals surface area contributed by atoms with Crippen molar-refractivity contribution in [2.24, 2.45) is 0 Å². The summed E-state index contributed by atoms with van der Waals surface area (Å²) in [5.41, 5.74) is 4.41. The van der Waals surface area contributed by atoms with Crippen LogP contribution in [0, 0.1) is 13.8 Å². The summed E-state index contributed by atoms with van der Waals surface area (Å²) in [6.45, 7) is 5.53. The summed E-state index contributed by atoms with van der Waals surface area (Å²) in [6, 6.07) is 7.85. The first-order chi connectivity index (χ1) is 14.1. The molecular formula is C21H21N7O. The molecule has 0 saturated carbocycles. The first-order valence-corrected chi connectivity index (χ1v) is 9.66. The number of pyridine rings is 2. The quantitative estimate of drug-likeness (QED) is 0.727. The van der Waals surface area contributed by atoms with Crippen LogP contribution < -0.4 is 15.1 Å². The van der Waals surface area contributed by atoms with E-state index in [1.54, 1.807) is 17.3 Å². The van der Waals surface area contributed by atoms with Crippen LogP contribution in [0.15, 0.2) is 42.9 Å². The number of aromatic nitrogens is 4. The molecule has 2 aliphatic heterocycles. The van der Waals surface area contributed by atoms with E-state index in [9.17, 15) is 4.79 Å². The van der Waals surface area contributed by atoms with Crippen LogP contribution in [0.2, 0.25) is 0 Å². The highest BCUT2D eigenvalue weighted by atomic mass is 16.2. The summed E-state index contributed by atoms with van der Waals surface area (Å²) in [7, 11) is 0. The summed E-state index contributed by atoms with van der Waals surface area (Å²) in [5.74, 6) is 1.12. The molecule has 8 heteroatoms. The van der Waals surface area contributed by atoms with Crippen LogP contribution in [-0.2, 0) is 0 Å². The Bertz CT molecular complexity index is 1080. The number of hydrogen-bond donors (Lipinski definition) is 1. The summed E-state index contributed by atoms with van der Waals surface area (Å²) in [6.07, 6.45) is 5.93. The van der Waals surface area contributed by atoms with Gasteiger partial charge < -0.3 is 4.90 Å². The summed E-state index contributed by atoms with van der Waals surface area (Å²) < 4.78 is 0. The molecule has 146 valence electrons. The van der Waals surface area contributed by atoms with Crippen molar-refractivity contribution in [1.29, 1.82) is 0 Å². The Labute approximate surface area is 168 Å². The van der Waals surface area contributed by atoms with Crippen molar-refractivity contribution in [3.8, 4) is 11.3 Å². The molecule has 1 fully saturated rings. The lowest BCUT2D eigenvalue weighted by Crippen LogP contribution is -2.48. The number of aryl methyl sites for hydroxylation is 2. The Morgan fingerprint density at radius 3 is 2.76 bits per heavy atom. The van der Waals surface area contributed by atoms with Crippen molar-refractivity contribution >= 4 is 23.4 Å². The fourth-order valence-electron chi connectivity index (χ4n) is 3.95. The first kappa shape index (κ1) is 17.5. The molecule has 1 unspecified atom stereocenters. The van der Waals surface area contributed by atoms with Gasteiger partial charge in [-0.3, -0.25) is 20.2 Å². The van der Waals surface area contributed by atoms with E-state index >= 15 is 0 Å². The zero-order chi connectivity index (χ0) is 20.0. The third-order valence-electron chi connectivity index (χ3n) is 5.37. The largest absolute Gasteiger partial charge is 0.366 e. The molecule has 2 bridgehead atoms. The molecule has 5 heterocycles. The van der Waals surface area contributed by atoms with Gasteiger partial charge in [0.15, 0.2) is 11.6 Å². The molecule has 0 aromatic carbocycles. The van der Waals surface area contributed by atoms with Crippen molar-refractivity contribution in [3.05, 3.63) is 54.2 Å². The highest BCUT2D eigenvalue weighted by molar-refractivity contribution is 6.04. The van der Waals surface area contributed by atoms with Gasteiger partial charge in [-0.25, -0.2) is 14.8 Å². The predicted molar refractivity (Wildman–Crippen MR) is 111 cm³/mol. The van der Waals surface area contributed by atoms with Gasteiger partial charge in [0.2, 0.25) is 0 Å². The molecule has 1 N–H and O–H groups in total. The maximum atomic E-state index is 13.2. The molecule has 3 aromatic rings. The van der Waals surface area contributed by atoms with Crippen molar-refractivity contribution in [3.63, 3.8) is 0 Å². The molecule has 29 heavy (non-hydrogen) atoms. The molecule has 2 amide bonds. The zero-order valence-electron chi connectivity index (χ0n) is 16.3. The lowest BCUT2D eigenvalue weighted by atomic mass is 10.1. The third-order valence-corrected chi connectivity index (χ3v) is 5.37. The Morgan fingerprint density at radius 1 is 1.07 bits per heavy atom. The average molecular weight is 387 g/mol. The number of nitrogens with one attached hydrogen (secondary N) is 1. The maximum absolute atomic E-state index is 13.2. The molecule has 1 atom stereocenters. The number of amides is 2. The van der Waals surface area contributed by atoms with Gasteiger partial charge in [-0.05, 0) is 44.5 Å². The van der Waals surface area contributed by atoms with Crippen molar-refractivity contribution < 1.29 is 4.79 Å². The van der Waals surface area contributed by atoms with Crippen LogP contribution in [0.4, 0.5) is 22.1 Å². The van der Waals surface area contributed by atoms with E-state index < -0.39 is 0 Å². The van der Waals surface area contributed by atoms with Crippen molar-refractivity contribution in [2.75, 3.05) is 28.2 Å². The van der Waals surface area contributed by atoms with Crippen LogP contribution in [0.5, 0.6) is 0 Å². The molecule has 0 spiro atoms. The van der Waals surface area contributed by atoms with E-state index in [4.69, 9.17) is 4.98 Å². The fourth-order valence-corrected chi connectivity index (χ4v) is 3.95. The number of nitrogens with zero attached hydrogens (tertiary/aromatic N) is 6. The standard InChI is InChI=1S/C21H21N7O/c1-13-3-4-15(10-23-13)17-5-6-18-20(25-17)28(16-7-8-27(18)12-16)21(29)26-19-11-22-9-14(2)24-19/h3-6,9-11,16H,7-8,12H2,1-2H3,(H,24,26,29). The van der Waals surface area contributed by atoms with E-state index in [2.05, 4.69) is 25.2 Å². The van der Waals surface area contributed by atoms with Crippen molar-refractivity contribution in [2.45, 2.75) is 26.3 Å². The van der Waals surface area contributed by atoms with Crippen LogP contribution in [-0.4, -0.2) is 45.1 Å². The van der Waals surface area contributed by atoms with E-state index in [-0.39, 0.29) is 12.1 Å². The van der Waals surface area contributed by atoms with Crippen LogP contribution >= 0.6 is 0 Å². The number of hydrogen-bond acceptors (Lipinski definition) is 6. The Kier molecular flexibility index (Phi) is 4.12. The minimum absolute atomic E-state index is 0.0826. The highest BCUT2D eigenvalue weighted by Gasteiger charge is 2.40. The smallest absolute Gasteiger partial charge is 0.329 e. The maximum Gasteiger partial charge on any atom is 0.329 e. The molecule has 0 radical (unpaired) electrons. The molecular weight excluding hydrogens is 366 g/mol. The topological polar surface area (TPSA) is 87.1 Å². The molecule has 3 aromatic heterocycles. The summed E-state index contributed by atoms with van der Waals surface area (Å²) in [4.78, 5) is 34.9. The van der Waals surface area contributed by atoms with Gasteiger partial charge in [0, 0.05) is 36.7 Å². The molecule has 8 nitrogen and oxygen atoms in total. The van der Waals surface area contributed by atoms with Crippen LogP contribution in [0.1, 0.15) is 17.8 Å². The molecule has 0 aliphatic carbocycles. The van der Waals surface area contributed by atoms with Gasteiger partial charge >= 0.3 is 6.03 Å². The van der Waals surface area contributed by atoms with Gasteiger partial charge in [0.25, 0.3) is 0 Å². The summed E-state index contributed by atoms with van der Waals surface area (Å²) in [5, 5.41) is 2.89. The first-order valence-electron chi connectivity index (χ1n) is 9.66. The second kappa shape index (κ2) is 6.80. The normalized spacial score (nSPS) is 17.2. The van der Waals surface area contributed by atoms with Crippen LogP contribution in [0.25, 0.3) is 11.3 Å². The second-order valence-electron chi connectivity index (χ2n) is 7.46. The number of anilines is 3. The predicted octanol–water partition coefficient (Wildman–Crippen LogP) is 3.18. The van der Waals surface area contributed by atoms with Gasteiger partial charge in [-0.15, -0.1) is 0 Å². The van der Waals surface area contributed by atoms with E-state index in [0.29, 0.717) is 11.6 Å². The summed E-state index contributed by atoms with van der Waals surface area (Å²) >= 11 is 0. The average Bonchev–Trinajstić information content (AvgIpc) is 3.12. The minimum atomic E-state index is -0.232. The van der Waals surface area contributed by atoms with Gasteiger partial charge in [0.1, 0.15) is 0 Å². The van der Waals surface area contributed by atoms with E-state index in [1.807, 2.05) is 44.3 Å². The van der Waals surface area contributed by atoms with Gasteiger partial charge in [-0.2, -0.15) is 0 Å². The highest BCUT2D eigenvalue weighted by Crippen LogP contribution is 2.40. The van der Waals surface area contributed by atoms with E-state index in [0.717, 1.165) is 47.8 Å². The fraction of sp³-hybridized carbons (Fsp3) is 0.286. The Balaban J connectivity index is 1.52. The van der Waals surface area contributed by atoms with Crippen molar-refractivity contribution in [1.82, 2.24) is 19.9 Å². The lowest BCUT2D eigenvalue weighted by Gasteiger charge is -2.35. The SMILES string of the molecule is Cc1ccc(-c2ccc3c(n2)N(C(=O)Nc2cncc(C)n2)C2CCN3C2)cn1. The van der Waals surface area contributed by atoms with Gasteiger partial charge in [-0.1, -0.05) is 0 Å². The number of fused-ring (bicyclic) bond motifs is 4. The Hall–Kier alpha value is -3.55. The molecule has 2 aliphatic rings. The zero-order valence-corrected chi connectivity index (χ0v) is 16.3. The molecule has 5 rings (SSSR count). The van der Waals surface area contributed by atoms with Crippen LogP contribution in [0.3, 0.4) is 0 Å². The number of urea groups is 1.